The van der Waals surface area contributed by atoms with Crippen LogP contribution in [0.15, 0.2) is 18.2 Å². The summed E-state index contributed by atoms with van der Waals surface area (Å²) in [7, 11) is 0. The van der Waals surface area contributed by atoms with Gasteiger partial charge in [-0.1, -0.05) is 34.8 Å². The number of nitrogens with zero attached hydrogens (tertiary/aromatic N) is 3. The van der Waals surface area contributed by atoms with Crippen molar-refractivity contribution in [2.24, 2.45) is 0 Å². The number of benzene rings is 1. The van der Waals surface area contributed by atoms with Crippen molar-refractivity contribution in [2.45, 2.75) is 23.8 Å². The van der Waals surface area contributed by atoms with Crippen LogP contribution in [-0.4, -0.2) is 48.9 Å². The Bertz CT molecular complexity index is 802. The summed E-state index contributed by atoms with van der Waals surface area (Å²) in [4.78, 5) is 34.1. The van der Waals surface area contributed by atoms with Gasteiger partial charge in [0.05, 0.1) is 15.9 Å². The number of carbonyl (C=O) groups is 1. The Morgan fingerprint density at radius 2 is 1.76 bits per heavy atom. The number of nitrogens with one attached hydrogen (secondary N) is 3. The number of rotatable bonds is 7. The highest BCUT2D eigenvalue weighted by atomic mass is 35.6. The lowest BCUT2D eigenvalue weighted by molar-refractivity contribution is -0.393. The number of amides is 2. The van der Waals surface area contributed by atoms with E-state index in [4.69, 9.17) is 47.0 Å². The Morgan fingerprint density at radius 1 is 1.17 bits per heavy atom. The van der Waals surface area contributed by atoms with Crippen LogP contribution in [0.4, 0.5) is 21.9 Å². The Labute approximate surface area is 185 Å². The average Bonchev–Trinajstić information content (AvgIpc) is 2.61. The fraction of sp³-hybridized carbons (Fsp3) is 0.429. The molecule has 15 heteroatoms. The van der Waals surface area contributed by atoms with Crippen molar-refractivity contribution in [3.63, 3.8) is 0 Å². The molecule has 0 aliphatic rings. The third-order valence-electron chi connectivity index (χ3n) is 3.56. The largest absolute Gasteiger partial charge is 0.339 e. The number of hydrogen-bond acceptors (Lipinski definition) is 6. The highest BCUT2D eigenvalue weighted by Crippen LogP contribution is 2.31. The topological polar surface area (TPSA) is 143 Å². The fourth-order valence-corrected chi connectivity index (χ4v) is 2.66. The first kappa shape index (κ1) is 24.9. The minimum absolute atomic E-state index is 0.128. The van der Waals surface area contributed by atoms with Crippen LogP contribution in [0.1, 0.15) is 13.8 Å². The third kappa shape index (κ3) is 7.31. The Balaban J connectivity index is 3.01. The number of nitro benzene ring substituents is 2. The van der Waals surface area contributed by atoms with Gasteiger partial charge in [-0.3, -0.25) is 20.2 Å². The van der Waals surface area contributed by atoms with Crippen LogP contribution in [0.2, 0.25) is 0 Å². The minimum Gasteiger partial charge on any atom is -0.339 e. The smallest absolute Gasteiger partial charge is 0.319 e. The predicted molar refractivity (Wildman–Crippen MR) is 115 cm³/mol. The summed E-state index contributed by atoms with van der Waals surface area (Å²) >= 11 is 22.7. The molecular formula is C14H17Cl3N6O5S. The SMILES string of the molecule is CCN(CC)C(=O)N[C@H](NC(=S)Nc1ccc([N+](=O)[O-])cc1[N+](=O)[O-])C(Cl)(Cl)Cl. The molecule has 29 heavy (non-hydrogen) atoms. The second-order valence-electron chi connectivity index (χ2n) is 5.41. The van der Waals surface area contributed by atoms with Crippen LogP contribution in [0.5, 0.6) is 0 Å². The number of nitro groups is 2. The molecule has 11 nitrogen and oxygen atoms in total. The molecule has 3 N–H and O–H groups in total. The highest BCUT2D eigenvalue weighted by molar-refractivity contribution is 7.80. The summed E-state index contributed by atoms with van der Waals surface area (Å²) in [6, 6.07) is 2.43. The van der Waals surface area contributed by atoms with Crippen molar-refractivity contribution in [2.75, 3.05) is 18.4 Å². The maximum absolute atomic E-state index is 12.2. The van der Waals surface area contributed by atoms with Crippen molar-refractivity contribution < 1.29 is 14.6 Å². The molecule has 1 aromatic rings. The molecule has 0 saturated carbocycles. The molecule has 2 amide bonds. The van der Waals surface area contributed by atoms with Crippen LogP contribution in [-0.2, 0) is 0 Å². The molecule has 1 atom stereocenters. The van der Waals surface area contributed by atoms with Crippen molar-refractivity contribution in [1.29, 1.82) is 0 Å². The van der Waals surface area contributed by atoms with Gasteiger partial charge in [0.25, 0.3) is 11.4 Å². The zero-order valence-electron chi connectivity index (χ0n) is 15.1. The molecule has 0 aliphatic carbocycles. The van der Waals surface area contributed by atoms with E-state index in [0.29, 0.717) is 13.1 Å². The van der Waals surface area contributed by atoms with Gasteiger partial charge in [0.15, 0.2) is 11.3 Å². The van der Waals surface area contributed by atoms with Crippen molar-refractivity contribution >= 4 is 75.2 Å². The highest BCUT2D eigenvalue weighted by Gasteiger charge is 2.35. The van der Waals surface area contributed by atoms with Gasteiger partial charge in [0.1, 0.15) is 5.69 Å². The van der Waals surface area contributed by atoms with E-state index in [2.05, 4.69) is 16.0 Å². The van der Waals surface area contributed by atoms with E-state index in [0.717, 1.165) is 18.2 Å². The number of halogens is 3. The molecule has 1 rings (SSSR count). The van der Waals surface area contributed by atoms with Crippen LogP contribution in [0.3, 0.4) is 0 Å². The molecule has 0 radical (unpaired) electrons. The molecule has 0 heterocycles. The molecular weight excluding hydrogens is 471 g/mol. The normalized spacial score (nSPS) is 11.9. The summed E-state index contributed by atoms with van der Waals surface area (Å²) in [6.45, 7) is 4.35. The van der Waals surface area contributed by atoms with Gasteiger partial charge in [-0.05, 0) is 32.1 Å². The van der Waals surface area contributed by atoms with Crippen LogP contribution < -0.4 is 16.0 Å². The third-order valence-corrected chi connectivity index (χ3v) is 4.43. The number of hydrogen-bond donors (Lipinski definition) is 3. The van der Waals surface area contributed by atoms with Gasteiger partial charge < -0.3 is 20.9 Å². The quantitative estimate of drug-likeness (QED) is 0.174. The van der Waals surface area contributed by atoms with Gasteiger partial charge in [-0.15, -0.1) is 0 Å². The molecule has 160 valence electrons. The zero-order valence-corrected chi connectivity index (χ0v) is 18.2. The standard InChI is InChI=1S/C14H17Cl3N6O5S/c1-3-21(4-2)13(24)20-11(14(15,16)17)19-12(29)18-9-6-5-8(22(25)26)7-10(9)23(27)28/h5-7,11H,3-4H2,1-2H3,(H,20,24)(H2,18,19,29)/t11-/m0/s1. The number of thiocarbonyl (C=S) groups is 1. The second kappa shape index (κ2) is 10.6. The summed E-state index contributed by atoms with van der Waals surface area (Å²) in [5, 5.41) is 29.3. The first-order chi connectivity index (χ1) is 13.4. The maximum Gasteiger partial charge on any atom is 0.319 e. The predicted octanol–water partition coefficient (Wildman–Crippen LogP) is 3.54. The number of alkyl halides is 3. The fourth-order valence-electron chi connectivity index (χ4n) is 2.11. The Hall–Kier alpha value is -2.15. The lowest BCUT2D eigenvalue weighted by Crippen LogP contribution is -2.58. The Kier molecular flexibility index (Phi) is 9.08. The lowest BCUT2D eigenvalue weighted by atomic mass is 10.2. The number of urea groups is 1. The summed E-state index contributed by atoms with van der Waals surface area (Å²) in [5.41, 5.74) is -1.18. The van der Waals surface area contributed by atoms with E-state index in [1.54, 1.807) is 13.8 Å². The Morgan fingerprint density at radius 3 is 2.21 bits per heavy atom. The van der Waals surface area contributed by atoms with Gasteiger partial charge in [-0.25, -0.2) is 4.79 Å². The molecule has 0 aliphatic heterocycles. The van der Waals surface area contributed by atoms with Crippen molar-refractivity contribution in [3.05, 3.63) is 38.4 Å². The lowest BCUT2D eigenvalue weighted by Gasteiger charge is -2.30. The first-order valence-electron chi connectivity index (χ1n) is 8.03. The van der Waals surface area contributed by atoms with E-state index in [-0.39, 0.29) is 10.8 Å². The summed E-state index contributed by atoms with van der Waals surface area (Å²) in [6.07, 6.45) is -1.28. The summed E-state index contributed by atoms with van der Waals surface area (Å²) in [5.74, 6) is 0. The van der Waals surface area contributed by atoms with E-state index in [9.17, 15) is 25.0 Å². The van der Waals surface area contributed by atoms with Crippen LogP contribution >= 0.6 is 47.0 Å². The maximum atomic E-state index is 12.2. The molecule has 0 saturated heterocycles. The zero-order chi connectivity index (χ0) is 22.4. The molecule has 0 unspecified atom stereocenters. The number of carbonyl (C=O) groups excluding carboxylic acids is 1. The first-order valence-corrected chi connectivity index (χ1v) is 9.57. The molecule has 1 aromatic carbocycles. The van der Waals surface area contributed by atoms with E-state index >= 15 is 0 Å². The molecule has 0 fully saturated rings. The number of anilines is 1. The minimum atomic E-state index is -2.02. The second-order valence-corrected chi connectivity index (χ2v) is 8.19. The van der Waals surface area contributed by atoms with Crippen molar-refractivity contribution in [3.8, 4) is 0 Å². The molecule has 0 bridgehead atoms. The number of non-ortho nitro benzene ring substituents is 1. The van der Waals surface area contributed by atoms with Gasteiger partial charge in [0.2, 0.25) is 3.79 Å². The van der Waals surface area contributed by atoms with E-state index in [1.165, 1.54) is 4.90 Å². The molecule has 0 aromatic heterocycles. The van der Waals surface area contributed by atoms with Crippen LogP contribution in [0, 0.1) is 20.2 Å². The van der Waals surface area contributed by atoms with E-state index < -0.39 is 37.2 Å². The van der Waals surface area contributed by atoms with Crippen molar-refractivity contribution in [1.82, 2.24) is 15.5 Å². The van der Waals surface area contributed by atoms with E-state index in [1.807, 2.05) is 0 Å². The van der Waals surface area contributed by atoms with Gasteiger partial charge >= 0.3 is 6.03 Å². The average molecular weight is 488 g/mol. The van der Waals surface area contributed by atoms with Crippen LogP contribution in [0.25, 0.3) is 0 Å². The van der Waals surface area contributed by atoms with Gasteiger partial charge in [0, 0.05) is 19.2 Å². The molecule has 0 spiro atoms. The van der Waals surface area contributed by atoms with Gasteiger partial charge in [-0.2, -0.15) is 0 Å². The summed E-state index contributed by atoms with van der Waals surface area (Å²) < 4.78 is -2.02. The monoisotopic (exact) mass is 486 g/mol.